The lowest BCUT2D eigenvalue weighted by atomic mass is 10.1. The molecule has 0 aliphatic heterocycles. The Balaban J connectivity index is 2.36. The fourth-order valence-electron chi connectivity index (χ4n) is 1.08. The number of anilines is 1. The van der Waals surface area contributed by atoms with Crippen LogP contribution >= 0.6 is 23.3 Å². The molecule has 5 heteroatoms. The summed E-state index contributed by atoms with van der Waals surface area (Å²) >= 11 is 6.93. The summed E-state index contributed by atoms with van der Waals surface area (Å²) < 4.78 is 7.93. The van der Waals surface area contributed by atoms with E-state index in [1.165, 1.54) is 12.8 Å². The molecule has 0 spiro atoms. The number of aromatic nitrogens is 2. The highest BCUT2D eigenvalue weighted by molar-refractivity contribution is 6.99. The summed E-state index contributed by atoms with van der Waals surface area (Å²) in [6, 6.07) is 0.418. The Labute approximate surface area is 87.8 Å². The molecule has 1 unspecified atom stereocenters. The van der Waals surface area contributed by atoms with Crippen LogP contribution in [0.25, 0.3) is 0 Å². The van der Waals surface area contributed by atoms with Crippen LogP contribution in [-0.4, -0.2) is 14.8 Å². The molecule has 1 aromatic rings. The predicted molar refractivity (Wildman–Crippen MR) is 57.5 cm³/mol. The average molecular weight is 220 g/mol. The third kappa shape index (κ3) is 3.48. The minimum Gasteiger partial charge on any atom is -0.364 e. The summed E-state index contributed by atoms with van der Waals surface area (Å²) in [7, 11) is 0. The SMILES string of the molecule is CCCCC(C)Nc1nsnc1Cl. The Hall–Kier alpha value is -0.350. The van der Waals surface area contributed by atoms with Crippen molar-refractivity contribution in [1.29, 1.82) is 0 Å². The molecular weight excluding hydrogens is 206 g/mol. The molecule has 0 aliphatic carbocycles. The zero-order chi connectivity index (χ0) is 9.68. The van der Waals surface area contributed by atoms with E-state index < -0.39 is 0 Å². The highest BCUT2D eigenvalue weighted by Crippen LogP contribution is 2.19. The number of nitrogens with one attached hydrogen (secondary N) is 1. The van der Waals surface area contributed by atoms with Crippen molar-refractivity contribution in [3.05, 3.63) is 5.15 Å². The van der Waals surface area contributed by atoms with Crippen LogP contribution in [0.1, 0.15) is 33.1 Å². The molecule has 0 bridgehead atoms. The van der Waals surface area contributed by atoms with Gasteiger partial charge in [0.15, 0.2) is 11.0 Å². The summed E-state index contributed by atoms with van der Waals surface area (Å²) in [4.78, 5) is 0. The van der Waals surface area contributed by atoms with Crippen molar-refractivity contribution in [2.24, 2.45) is 0 Å². The van der Waals surface area contributed by atoms with Gasteiger partial charge in [0.1, 0.15) is 0 Å². The molecule has 74 valence electrons. The highest BCUT2D eigenvalue weighted by atomic mass is 35.5. The Morgan fingerprint density at radius 2 is 2.31 bits per heavy atom. The second-order valence-electron chi connectivity index (χ2n) is 3.09. The topological polar surface area (TPSA) is 37.8 Å². The van der Waals surface area contributed by atoms with E-state index >= 15 is 0 Å². The van der Waals surface area contributed by atoms with Crippen molar-refractivity contribution < 1.29 is 0 Å². The minimum atomic E-state index is 0.418. The lowest BCUT2D eigenvalue weighted by Crippen LogP contribution is -2.15. The van der Waals surface area contributed by atoms with Crippen molar-refractivity contribution in [2.45, 2.75) is 39.2 Å². The third-order valence-electron chi connectivity index (χ3n) is 1.82. The van der Waals surface area contributed by atoms with E-state index in [9.17, 15) is 0 Å². The number of hydrogen-bond acceptors (Lipinski definition) is 4. The van der Waals surface area contributed by atoms with E-state index in [-0.39, 0.29) is 0 Å². The van der Waals surface area contributed by atoms with Gasteiger partial charge in [0.2, 0.25) is 0 Å². The predicted octanol–water partition coefficient (Wildman–Crippen LogP) is 3.18. The summed E-state index contributed by atoms with van der Waals surface area (Å²) in [6.45, 7) is 4.31. The smallest absolute Gasteiger partial charge is 0.186 e. The summed E-state index contributed by atoms with van der Waals surface area (Å²) in [5.41, 5.74) is 0. The molecule has 0 radical (unpaired) electrons. The lowest BCUT2D eigenvalue weighted by molar-refractivity contribution is 0.644. The van der Waals surface area contributed by atoms with Crippen molar-refractivity contribution in [3.63, 3.8) is 0 Å². The van der Waals surface area contributed by atoms with Crippen molar-refractivity contribution in [3.8, 4) is 0 Å². The van der Waals surface area contributed by atoms with Crippen LogP contribution in [0.3, 0.4) is 0 Å². The van der Waals surface area contributed by atoms with Crippen LogP contribution in [0.5, 0.6) is 0 Å². The number of hydrogen-bond donors (Lipinski definition) is 1. The minimum absolute atomic E-state index is 0.418. The van der Waals surface area contributed by atoms with Gasteiger partial charge >= 0.3 is 0 Å². The van der Waals surface area contributed by atoms with Crippen LogP contribution in [0, 0.1) is 0 Å². The first-order chi connectivity index (χ1) is 6.24. The maximum Gasteiger partial charge on any atom is 0.186 e. The van der Waals surface area contributed by atoms with Crippen molar-refractivity contribution in [2.75, 3.05) is 5.32 Å². The lowest BCUT2D eigenvalue weighted by Gasteiger charge is -2.11. The van der Waals surface area contributed by atoms with Gasteiger partial charge in [-0.05, 0) is 13.3 Å². The third-order valence-corrected chi connectivity index (χ3v) is 2.71. The van der Waals surface area contributed by atoms with E-state index in [0.717, 1.165) is 24.0 Å². The van der Waals surface area contributed by atoms with E-state index in [1.54, 1.807) is 0 Å². The molecule has 1 aromatic heterocycles. The Kier molecular flexibility index (Phi) is 4.45. The largest absolute Gasteiger partial charge is 0.364 e. The molecule has 0 amide bonds. The van der Waals surface area contributed by atoms with E-state index in [4.69, 9.17) is 11.6 Å². The van der Waals surface area contributed by atoms with Crippen LogP contribution in [0.2, 0.25) is 5.15 Å². The van der Waals surface area contributed by atoms with Crippen LogP contribution in [-0.2, 0) is 0 Å². The Morgan fingerprint density at radius 1 is 1.54 bits per heavy atom. The van der Waals surface area contributed by atoms with Crippen molar-refractivity contribution >= 4 is 29.1 Å². The second kappa shape index (κ2) is 5.40. The van der Waals surface area contributed by atoms with Gasteiger partial charge < -0.3 is 5.32 Å². The van der Waals surface area contributed by atoms with Gasteiger partial charge in [-0.15, -0.1) is 0 Å². The molecule has 0 saturated heterocycles. The quantitative estimate of drug-likeness (QED) is 0.827. The first kappa shape index (κ1) is 10.7. The fraction of sp³-hybridized carbons (Fsp3) is 0.750. The Bertz CT molecular complexity index is 251. The fourth-order valence-corrected chi connectivity index (χ4v) is 1.74. The Morgan fingerprint density at radius 3 is 2.85 bits per heavy atom. The molecule has 0 aliphatic rings. The molecule has 1 atom stereocenters. The maximum absolute atomic E-state index is 5.79. The van der Waals surface area contributed by atoms with Gasteiger partial charge in [-0.2, -0.15) is 8.75 Å². The van der Waals surface area contributed by atoms with Gasteiger partial charge in [0, 0.05) is 6.04 Å². The van der Waals surface area contributed by atoms with Gasteiger partial charge in [-0.1, -0.05) is 31.4 Å². The van der Waals surface area contributed by atoms with Gasteiger partial charge in [0.05, 0.1) is 11.7 Å². The number of nitrogens with zero attached hydrogens (tertiary/aromatic N) is 2. The molecule has 13 heavy (non-hydrogen) atoms. The zero-order valence-corrected chi connectivity index (χ0v) is 9.45. The molecule has 0 saturated carbocycles. The van der Waals surface area contributed by atoms with Gasteiger partial charge in [-0.3, -0.25) is 0 Å². The van der Waals surface area contributed by atoms with Crippen molar-refractivity contribution in [1.82, 2.24) is 8.75 Å². The molecule has 1 N–H and O–H groups in total. The van der Waals surface area contributed by atoms with Gasteiger partial charge in [0.25, 0.3) is 0 Å². The first-order valence-corrected chi connectivity index (χ1v) is 5.59. The standard InChI is InChI=1S/C8H14ClN3S/c1-3-4-5-6(2)10-8-7(9)11-13-12-8/h6H,3-5H2,1-2H3,(H,10,12). The highest BCUT2D eigenvalue weighted by Gasteiger charge is 2.07. The molecule has 0 aromatic carbocycles. The summed E-state index contributed by atoms with van der Waals surface area (Å²) in [5, 5.41) is 3.71. The monoisotopic (exact) mass is 219 g/mol. The number of rotatable bonds is 5. The molecule has 1 rings (SSSR count). The zero-order valence-electron chi connectivity index (χ0n) is 7.88. The van der Waals surface area contributed by atoms with Gasteiger partial charge in [-0.25, -0.2) is 0 Å². The molecule has 3 nitrogen and oxygen atoms in total. The number of halogens is 1. The van der Waals surface area contributed by atoms with Crippen LogP contribution in [0.15, 0.2) is 0 Å². The molecule has 0 fully saturated rings. The van der Waals surface area contributed by atoms with Crippen LogP contribution in [0.4, 0.5) is 5.82 Å². The maximum atomic E-state index is 5.79. The summed E-state index contributed by atoms with van der Waals surface area (Å²) in [5.74, 6) is 0.718. The van der Waals surface area contributed by atoms with Crippen LogP contribution < -0.4 is 5.32 Å². The van der Waals surface area contributed by atoms with E-state index in [2.05, 4.69) is 27.9 Å². The van der Waals surface area contributed by atoms with E-state index in [1.807, 2.05) is 0 Å². The first-order valence-electron chi connectivity index (χ1n) is 4.48. The normalized spacial score (nSPS) is 12.8. The average Bonchev–Trinajstić information content (AvgIpc) is 2.48. The summed E-state index contributed by atoms with van der Waals surface area (Å²) in [6.07, 6.45) is 3.59. The molecule has 1 heterocycles. The second-order valence-corrected chi connectivity index (χ2v) is 3.98. The van der Waals surface area contributed by atoms with E-state index in [0.29, 0.717) is 11.2 Å². The number of unbranched alkanes of at least 4 members (excludes halogenated alkanes) is 1. The molecular formula is C8H14ClN3S.